The maximum atomic E-state index is 12.9. The molecule has 1 aromatic heterocycles. The smallest absolute Gasteiger partial charge is 0.340 e. The Balaban J connectivity index is 1.86. The van der Waals surface area contributed by atoms with E-state index >= 15 is 0 Å². The Bertz CT molecular complexity index is 1010. The van der Waals surface area contributed by atoms with Gasteiger partial charge in [0.25, 0.3) is 0 Å². The van der Waals surface area contributed by atoms with Crippen LogP contribution in [-0.4, -0.2) is 37.1 Å². The van der Waals surface area contributed by atoms with Crippen LogP contribution in [0.5, 0.6) is 0 Å². The molecule has 0 spiro atoms. The molecule has 0 aliphatic carbocycles. The van der Waals surface area contributed by atoms with Gasteiger partial charge in [0.05, 0.1) is 5.56 Å². The van der Waals surface area contributed by atoms with Crippen LogP contribution < -0.4 is 9.80 Å². The highest BCUT2D eigenvalue weighted by Crippen LogP contribution is 2.47. The molecule has 0 N–H and O–H groups in total. The molecule has 1 aliphatic rings. The number of carbonyl (C=O) groups is 1. The summed E-state index contributed by atoms with van der Waals surface area (Å²) in [6.07, 6.45) is 3.40. The minimum Gasteiger partial charge on any atom is -0.441 e. The molecule has 0 amide bonds. The molecule has 3 aromatic rings. The molecule has 32 heavy (non-hydrogen) atoms. The molecule has 2 aromatic carbocycles. The summed E-state index contributed by atoms with van der Waals surface area (Å²) >= 11 is 0. The van der Waals surface area contributed by atoms with Crippen LogP contribution in [0.15, 0.2) is 67.0 Å². The first-order chi connectivity index (χ1) is 15.6. The Labute approximate surface area is 190 Å². The molecule has 1 aliphatic heterocycles. The van der Waals surface area contributed by atoms with Crippen molar-refractivity contribution in [1.82, 2.24) is 4.98 Å². The second-order valence-electron chi connectivity index (χ2n) is 7.93. The van der Waals surface area contributed by atoms with E-state index in [1.807, 2.05) is 0 Å². The Morgan fingerprint density at radius 3 is 1.66 bits per heavy atom. The SMILES string of the molecule is CCN(CC)c1ccc(C2(c3ccc(N(CC)CC)cc3)OC(=O)c3ccncc32)cc1. The fraction of sp³-hybridized carbons (Fsp3) is 0.333. The van der Waals surface area contributed by atoms with Gasteiger partial charge in [0.2, 0.25) is 0 Å². The van der Waals surface area contributed by atoms with Crippen molar-refractivity contribution < 1.29 is 9.53 Å². The van der Waals surface area contributed by atoms with E-state index in [4.69, 9.17) is 4.74 Å². The summed E-state index contributed by atoms with van der Waals surface area (Å²) in [5.41, 5.74) is 4.50. The van der Waals surface area contributed by atoms with E-state index in [1.54, 1.807) is 18.5 Å². The zero-order valence-corrected chi connectivity index (χ0v) is 19.3. The highest BCUT2D eigenvalue weighted by Gasteiger charge is 2.48. The van der Waals surface area contributed by atoms with Crippen LogP contribution in [0.25, 0.3) is 0 Å². The summed E-state index contributed by atoms with van der Waals surface area (Å²) in [6.45, 7) is 12.4. The zero-order valence-electron chi connectivity index (χ0n) is 19.3. The molecule has 0 atom stereocenters. The first kappa shape index (κ1) is 21.9. The van der Waals surface area contributed by atoms with Crippen molar-refractivity contribution in [3.05, 3.63) is 89.2 Å². The minimum atomic E-state index is -1.01. The van der Waals surface area contributed by atoms with Crippen molar-refractivity contribution in [2.75, 3.05) is 36.0 Å². The fourth-order valence-corrected chi connectivity index (χ4v) is 4.69. The molecule has 166 valence electrons. The summed E-state index contributed by atoms with van der Waals surface area (Å²) in [6, 6.07) is 18.5. The fourth-order valence-electron chi connectivity index (χ4n) is 4.69. The Kier molecular flexibility index (Phi) is 6.17. The third kappa shape index (κ3) is 3.52. The molecule has 0 bridgehead atoms. The van der Waals surface area contributed by atoms with E-state index in [0.717, 1.165) is 54.2 Å². The summed E-state index contributed by atoms with van der Waals surface area (Å²) in [5.74, 6) is -0.317. The number of hydrogen-bond acceptors (Lipinski definition) is 5. The van der Waals surface area contributed by atoms with Crippen molar-refractivity contribution in [1.29, 1.82) is 0 Å². The number of carbonyl (C=O) groups excluding carboxylic acids is 1. The van der Waals surface area contributed by atoms with Crippen LogP contribution in [0.3, 0.4) is 0 Å². The van der Waals surface area contributed by atoms with Gasteiger partial charge in [-0.15, -0.1) is 0 Å². The van der Waals surface area contributed by atoms with Gasteiger partial charge in [-0.2, -0.15) is 0 Å². The predicted molar refractivity (Wildman–Crippen MR) is 130 cm³/mol. The topological polar surface area (TPSA) is 45.7 Å². The average molecular weight is 430 g/mol. The summed E-state index contributed by atoms with van der Waals surface area (Å²) in [5, 5.41) is 0. The van der Waals surface area contributed by atoms with Gasteiger partial charge >= 0.3 is 5.97 Å². The number of anilines is 2. The van der Waals surface area contributed by atoms with Crippen molar-refractivity contribution in [3.8, 4) is 0 Å². The number of fused-ring (bicyclic) bond motifs is 1. The molecule has 0 fully saturated rings. The second-order valence-corrected chi connectivity index (χ2v) is 7.93. The maximum Gasteiger partial charge on any atom is 0.340 e. The molecule has 0 radical (unpaired) electrons. The Morgan fingerprint density at radius 1 is 0.750 bits per heavy atom. The summed E-state index contributed by atoms with van der Waals surface area (Å²) in [7, 11) is 0. The number of aromatic nitrogens is 1. The number of esters is 1. The number of rotatable bonds is 8. The molecular weight excluding hydrogens is 398 g/mol. The second kappa shape index (κ2) is 9.03. The number of benzene rings is 2. The van der Waals surface area contributed by atoms with Gasteiger partial charge in [-0.1, -0.05) is 24.3 Å². The maximum absolute atomic E-state index is 12.9. The minimum absolute atomic E-state index is 0.317. The lowest BCUT2D eigenvalue weighted by molar-refractivity contribution is 0.0251. The third-order valence-electron chi connectivity index (χ3n) is 6.47. The standard InChI is InChI=1S/C27H31N3O2/c1-5-29(6-2)22-13-9-20(10-14-22)27(25-19-28-18-17-24(25)26(31)32-27)21-11-15-23(16-12-21)30(7-3)8-4/h9-19H,5-8H2,1-4H3. The predicted octanol–water partition coefficient (Wildman–Crippen LogP) is 5.24. The molecule has 0 unspecified atom stereocenters. The van der Waals surface area contributed by atoms with Gasteiger partial charge in [0.1, 0.15) is 0 Å². The summed E-state index contributed by atoms with van der Waals surface area (Å²) in [4.78, 5) is 21.8. The molecular formula is C27H31N3O2. The van der Waals surface area contributed by atoms with E-state index in [1.165, 1.54) is 0 Å². The summed E-state index contributed by atoms with van der Waals surface area (Å²) < 4.78 is 6.19. The van der Waals surface area contributed by atoms with Crippen LogP contribution in [0, 0.1) is 0 Å². The molecule has 0 saturated carbocycles. The van der Waals surface area contributed by atoms with Crippen molar-refractivity contribution >= 4 is 17.3 Å². The Morgan fingerprint density at radius 2 is 1.22 bits per heavy atom. The lowest BCUT2D eigenvalue weighted by atomic mass is 9.80. The van der Waals surface area contributed by atoms with Crippen molar-refractivity contribution in [2.24, 2.45) is 0 Å². The number of pyridine rings is 1. The first-order valence-corrected chi connectivity index (χ1v) is 11.5. The number of nitrogens with zero attached hydrogens (tertiary/aromatic N) is 3. The van der Waals surface area contributed by atoms with Gasteiger partial charge in [-0.05, 0) is 58.0 Å². The van der Waals surface area contributed by atoms with Crippen molar-refractivity contribution in [3.63, 3.8) is 0 Å². The van der Waals surface area contributed by atoms with E-state index in [2.05, 4.69) is 91.0 Å². The van der Waals surface area contributed by atoms with Crippen LogP contribution in [0.1, 0.15) is 54.7 Å². The monoisotopic (exact) mass is 429 g/mol. The van der Waals surface area contributed by atoms with E-state index in [9.17, 15) is 4.79 Å². The highest BCUT2D eigenvalue weighted by molar-refractivity contribution is 5.96. The number of ether oxygens (including phenoxy) is 1. The van der Waals surface area contributed by atoms with E-state index in [-0.39, 0.29) is 5.97 Å². The van der Waals surface area contributed by atoms with Gasteiger partial charge in [-0.25, -0.2) is 4.79 Å². The van der Waals surface area contributed by atoms with Crippen LogP contribution >= 0.6 is 0 Å². The highest BCUT2D eigenvalue weighted by atomic mass is 16.6. The lowest BCUT2D eigenvalue weighted by Gasteiger charge is -2.31. The van der Waals surface area contributed by atoms with Crippen molar-refractivity contribution in [2.45, 2.75) is 33.3 Å². The van der Waals surface area contributed by atoms with Gasteiger partial charge in [-0.3, -0.25) is 4.98 Å². The van der Waals surface area contributed by atoms with E-state index < -0.39 is 5.60 Å². The zero-order chi connectivity index (χ0) is 22.7. The van der Waals surface area contributed by atoms with Crippen LogP contribution in [0.2, 0.25) is 0 Å². The van der Waals surface area contributed by atoms with Gasteiger partial charge < -0.3 is 14.5 Å². The molecule has 2 heterocycles. The average Bonchev–Trinajstić information content (AvgIpc) is 3.15. The normalized spacial score (nSPS) is 14.1. The molecule has 5 heteroatoms. The lowest BCUT2D eigenvalue weighted by Crippen LogP contribution is -2.30. The third-order valence-corrected chi connectivity index (χ3v) is 6.47. The van der Waals surface area contributed by atoms with Gasteiger partial charge in [0.15, 0.2) is 5.60 Å². The largest absolute Gasteiger partial charge is 0.441 e. The quantitative estimate of drug-likeness (QED) is 0.459. The molecule has 5 nitrogen and oxygen atoms in total. The van der Waals surface area contributed by atoms with Crippen LogP contribution in [-0.2, 0) is 10.3 Å². The van der Waals surface area contributed by atoms with Crippen LogP contribution in [0.4, 0.5) is 11.4 Å². The first-order valence-electron chi connectivity index (χ1n) is 11.5. The molecule has 0 saturated heterocycles. The number of cyclic esters (lactones) is 1. The molecule has 4 rings (SSSR count). The number of hydrogen-bond donors (Lipinski definition) is 0. The van der Waals surface area contributed by atoms with E-state index in [0.29, 0.717) is 5.56 Å². The Hall–Kier alpha value is -3.34. The van der Waals surface area contributed by atoms with Gasteiger partial charge in [0, 0.05) is 66.6 Å².